The predicted molar refractivity (Wildman–Crippen MR) is 133 cm³/mol. The summed E-state index contributed by atoms with van der Waals surface area (Å²) in [5.41, 5.74) is 2.29. The van der Waals surface area contributed by atoms with Crippen LogP contribution in [0.15, 0.2) is 35.0 Å². The van der Waals surface area contributed by atoms with Gasteiger partial charge in [-0.1, -0.05) is 30.6 Å². The second kappa shape index (κ2) is 9.79. The van der Waals surface area contributed by atoms with Gasteiger partial charge in [-0.2, -0.15) is 0 Å². The van der Waals surface area contributed by atoms with Crippen LogP contribution in [-0.2, 0) is 6.54 Å². The molecule has 0 saturated carbocycles. The largest absolute Gasteiger partial charge is 0.373 e. The summed E-state index contributed by atoms with van der Waals surface area (Å²) in [6.45, 7) is 6.29. The van der Waals surface area contributed by atoms with Crippen LogP contribution in [0.5, 0.6) is 0 Å². The van der Waals surface area contributed by atoms with Crippen LogP contribution in [0, 0.1) is 5.82 Å². The molecule has 0 aliphatic carbocycles. The number of aromatic nitrogens is 2. The van der Waals surface area contributed by atoms with Crippen molar-refractivity contribution in [3.8, 4) is 0 Å². The van der Waals surface area contributed by atoms with Crippen molar-refractivity contribution in [2.45, 2.75) is 33.2 Å². The first-order valence-electron chi connectivity index (χ1n) is 11.0. The predicted octanol–water partition coefficient (Wildman–Crippen LogP) is 5.64. The first-order valence-corrected chi connectivity index (χ1v) is 11.4. The maximum atomic E-state index is 14.7. The van der Waals surface area contributed by atoms with E-state index in [1.807, 2.05) is 20.8 Å². The number of pyridine rings is 1. The highest BCUT2D eigenvalue weighted by Gasteiger charge is 2.32. The molecule has 0 atom stereocenters. The van der Waals surface area contributed by atoms with Crippen molar-refractivity contribution in [1.29, 1.82) is 0 Å². The van der Waals surface area contributed by atoms with Crippen LogP contribution in [0.25, 0.3) is 0 Å². The van der Waals surface area contributed by atoms with E-state index in [-0.39, 0.29) is 40.8 Å². The van der Waals surface area contributed by atoms with E-state index >= 15 is 0 Å². The Bertz CT molecular complexity index is 1280. The minimum absolute atomic E-state index is 0.0259. The molecule has 1 aromatic carbocycles. The topological polar surface area (TPSA) is 116 Å². The Hall–Kier alpha value is -3.86. The van der Waals surface area contributed by atoms with Crippen LogP contribution in [0.1, 0.15) is 37.9 Å². The molecule has 0 saturated heterocycles. The first-order chi connectivity index (χ1) is 16.7. The third-order valence-electron chi connectivity index (χ3n) is 5.55. The quantitative estimate of drug-likeness (QED) is 0.402. The fourth-order valence-corrected chi connectivity index (χ4v) is 3.94. The van der Waals surface area contributed by atoms with Gasteiger partial charge in [0.2, 0.25) is 5.88 Å². The molecule has 0 fully saturated rings. The molecule has 0 unspecified atom stereocenters. The summed E-state index contributed by atoms with van der Waals surface area (Å²) in [6, 6.07) is 4.69. The van der Waals surface area contributed by atoms with Gasteiger partial charge in [0, 0.05) is 37.5 Å². The number of hydrogen-bond donors (Lipinski definition) is 3. The Labute approximate surface area is 206 Å². The van der Waals surface area contributed by atoms with Crippen molar-refractivity contribution in [1.82, 2.24) is 10.1 Å². The smallest absolute Gasteiger partial charge is 0.329 e. The number of anilines is 5. The summed E-state index contributed by atoms with van der Waals surface area (Å²) in [5, 5.41) is 11.8. The summed E-state index contributed by atoms with van der Waals surface area (Å²) in [7, 11) is 1.75. The van der Waals surface area contributed by atoms with E-state index in [9.17, 15) is 14.0 Å². The van der Waals surface area contributed by atoms with Crippen LogP contribution in [0.2, 0.25) is 5.02 Å². The summed E-state index contributed by atoms with van der Waals surface area (Å²) >= 11 is 6.33. The van der Waals surface area contributed by atoms with Gasteiger partial charge in [-0.3, -0.25) is 15.1 Å². The number of benzene rings is 1. The summed E-state index contributed by atoms with van der Waals surface area (Å²) in [5.74, 6) is 0.110. The van der Waals surface area contributed by atoms with Crippen LogP contribution in [0.4, 0.5) is 42.7 Å². The fourth-order valence-electron chi connectivity index (χ4n) is 3.69. The average molecular weight is 502 g/mol. The lowest BCUT2D eigenvalue weighted by atomic mass is 10.1. The monoisotopic (exact) mass is 501 g/mol. The third kappa shape index (κ3) is 4.85. The second-order valence-electron chi connectivity index (χ2n) is 8.19. The average Bonchev–Trinajstić information content (AvgIpc) is 3.29. The van der Waals surface area contributed by atoms with Gasteiger partial charge in [0.05, 0.1) is 34.3 Å². The molecular weight excluding hydrogens is 477 g/mol. The van der Waals surface area contributed by atoms with E-state index in [4.69, 9.17) is 16.1 Å². The Morgan fingerprint density at radius 2 is 2.00 bits per heavy atom. The van der Waals surface area contributed by atoms with Crippen molar-refractivity contribution >= 4 is 52.4 Å². The minimum atomic E-state index is -0.758. The number of nitrogens with zero attached hydrogens (tertiary/aromatic N) is 4. The van der Waals surface area contributed by atoms with Crippen molar-refractivity contribution in [3.63, 3.8) is 0 Å². The van der Waals surface area contributed by atoms with E-state index in [1.165, 1.54) is 11.0 Å². The van der Waals surface area contributed by atoms with Gasteiger partial charge in [-0.05, 0) is 25.0 Å². The van der Waals surface area contributed by atoms with E-state index in [2.05, 4.69) is 26.1 Å². The zero-order chi connectivity index (χ0) is 25.3. The van der Waals surface area contributed by atoms with Crippen LogP contribution in [0.3, 0.4) is 0 Å². The van der Waals surface area contributed by atoms with Crippen molar-refractivity contribution in [3.05, 3.63) is 52.6 Å². The molecule has 4 rings (SSSR count). The van der Waals surface area contributed by atoms with Gasteiger partial charge in [-0.15, -0.1) is 0 Å². The highest BCUT2D eigenvalue weighted by molar-refractivity contribution is 6.34. The molecule has 184 valence electrons. The van der Waals surface area contributed by atoms with Crippen molar-refractivity contribution < 1.29 is 18.5 Å². The normalized spacial score (nSPS) is 13.2. The highest BCUT2D eigenvalue weighted by atomic mass is 35.5. The lowest BCUT2D eigenvalue weighted by Crippen LogP contribution is -2.47. The Morgan fingerprint density at radius 1 is 1.23 bits per heavy atom. The number of rotatable bonds is 6. The SMILES string of the molecule is CCN1C(=O)N(c2cc(NC(=O)Nc3cc(C(C)C)no3)c(F)cc2Cl)Cc2cnc(NC)cc21. The van der Waals surface area contributed by atoms with Gasteiger partial charge in [0.15, 0.2) is 0 Å². The summed E-state index contributed by atoms with van der Waals surface area (Å²) in [4.78, 5) is 33.1. The third-order valence-corrected chi connectivity index (χ3v) is 5.85. The molecule has 3 N–H and O–H groups in total. The summed E-state index contributed by atoms with van der Waals surface area (Å²) in [6.07, 6.45) is 1.68. The van der Waals surface area contributed by atoms with E-state index < -0.39 is 11.8 Å². The second-order valence-corrected chi connectivity index (χ2v) is 8.60. The number of fused-ring (bicyclic) bond motifs is 1. The van der Waals surface area contributed by atoms with Gasteiger partial charge < -0.3 is 15.2 Å². The number of carbonyl (C=O) groups excluding carboxylic acids is 2. The van der Waals surface area contributed by atoms with Gasteiger partial charge in [-0.25, -0.2) is 19.0 Å². The fraction of sp³-hybridized carbons (Fsp3) is 0.304. The number of halogens is 2. The number of hydrogen-bond acceptors (Lipinski definition) is 6. The van der Waals surface area contributed by atoms with Crippen LogP contribution >= 0.6 is 11.6 Å². The lowest BCUT2D eigenvalue weighted by Gasteiger charge is -2.37. The molecule has 2 aromatic heterocycles. The Kier molecular flexibility index (Phi) is 6.79. The van der Waals surface area contributed by atoms with E-state index in [0.29, 0.717) is 18.1 Å². The molecule has 0 spiro atoms. The standard InChI is InChI=1S/C23H25ClFN7O3/c1-5-31-18-9-20(26-4)27-10-13(18)11-32(23(31)34)19-7-17(15(25)6-14(19)24)28-22(33)29-21-8-16(12(2)3)30-35-21/h6-10,12H,5,11H2,1-4H3,(H,26,27)(H2,28,29,33). The Morgan fingerprint density at radius 3 is 2.66 bits per heavy atom. The first kappa shape index (κ1) is 24.3. The molecule has 1 aliphatic rings. The molecule has 1 aliphatic heterocycles. The van der Waals surface area contributed by atoms with Gasteiger partial charge in [0.1, 0.15) is 11.6 Å². The maximum Gasteiger partial charge on any atom is 0.329 e. The van der Waals surface area contributed by atoms with Crippen LogP contribution in [-0.4, -0.2) is 35.8 Å². The molecule has 10 nitrogen and oxygen atoms in total. The molecular formula is C23H25ClFN7O3. The molecule has 0 bridgehead atoms. The molecule has 35 heavy (non-hydrogen) atoms. The van der Waals surface area contributed by atoms with E-state index in [1.54, 1.807) is 30.3 Å². The molecule has 4 amide bonds. The molecule has 0 radical (unpaired) electrons. The van der Waals surface area contributed by atoms with Gasteiger partial charge in [0.25, 0.3) is 0 Å². The van der Waals surface area contributed by atoms with E-state index in [0.717, 1.165) is 17.3 Å². The number of nitrogens with one attached hydrogen (secondary N) is 3. The zero-order valence-electron chi connectivity index (χ0n) is 19.6. The number of urea groups is 2. The maximum absolute atomic E-state index is 14.7. The van der Waals surface area contributed by atoms with Crippen molar-refractivity contribution in [2.75, 3.05) is 39.3 Å². The highest BCUT2D eigenvalue weighted by Crippen LogP contribution is 2.38. The minimum Gasteiger partial charge on any atom is -0.373 e. The molecule has 12 heteroatoms. The number of carbonyl (C=O) groups is 2. The van der Waals surface area contributed by atoms with Gasteiger partial charge >= 0.3 is 12.1 Å². The lowest BCUT2D eigenvalue weighted by molar-refractivity contribution is 0.250. The zero-order valence-corrected chi connectivity index (χ0v) is 20.4. The Balaban J connectivity index is 1.60. The molecule has 3 aromatic rings. The number of amides is 4. The van der Waals surface area contributed by atoms with Crippen LogP contribution < -0.4 is 25.8 Å². The summed E-state index contributed by atoms with van der Waals surface area (Å²) < 4.78 is 19.8. The molecule has 3 heterocycles. The van der Waals surface area contributed by atoms with Crippen molar-refractivity contribution in [2.24, 2.45) is 0 Å².